The predicted molar refractivity (Wildman–Crippen MR) is 87.7 cm³/mol. The molecule has 1 saturated heterocycles. The maximum Gasteiger partial charge on any atom is 0.0771 e. The third-order valence-electron chi connectivity index (χ3n) is 3.54. The van der Waals surface area contributed by atoms with E-state index in [0.29, 0.717) is 12.6 Å². The lowest BCUT2D eigenvalue weighted by Crippen LogP contribution is -2.15. The molecule has 3 rings (SSSR count). The number of ether oxygens (including phenoxy) is 1. The Morgan fingerprint density at radius 3 is 3.19 bits per heavy atom. The van der Waals surface area contributed by atoms with Gasteiger partial charge in [0, 0.05) is 28.8 Å². The quantitative estimate of drug-likeness (QED) is 0.861. The minimum Gasteiger partial charge on any atom is -0.378 e. The number of hydrogen-bond acceptors (Lipinski definition) is 3. The lowest BCUT2D eigenvalue weighted by Gasteiger charge is -2.09. The summed E-state index contributed by atoms with van der Waals surface area (Å²) in [5.74, 6) is 0. The van der Waals surface area contributed by atoms with Gasteiger partial charge in [-0.05, 0) is 36.6 Å². The molecule has 21 heavy (non-hydrogen) atoms. The summed E-state index contributed by atoms with van der Waals surface area (Å²) in [7, 11) is 0. The number of aromatic nitrogens is 2. The van der Waals surface area contributed by atoms with Crippen LogP contribution in [0.2, 0.25) is 5.02 Å². The number of hydrogen-bond donors (Lipinski definition) is 1. The van der Waals surface area contributed by atoms with Gasteiger partial charge in [0.05, 0.1) is 24.5 Å². The largest absolute Gasteiger partial charge is 0.378 e. The zero-order chi connectivity index (χ0) is 14.7. The van der Waals surface area contributed by atoms with Crippen LogP contribution in [0.15, 0.2) is 35.1 Å². The molecular formula is C15H17BrClN3O. The lowest BCUT2D eigenvalue weighted by atomic mass is 10.2. The van der Waals surface area contributed by atoms with Crippen molar-refractivity contribution >= 4 is 33.2 Å². The van der Waals surface area contributed by atoms with Crippen molar-refractivity contribution in [3.05, 3.63) is 45.7 Å². The Bertz CT molecular complexity index is 611. The van der Waals surface area contributed by atoms with E-state index in [-0.39, 0.29) is 0 Å². The molecule has 1 fully saturated rings. The topological polar surface area (TPSA) is 39.1 Å². The molecular weight excluding hydrogens is 354 g/mol. The van der Waals surface area contributed by atoms with E-state index in [9.17, 15) is 0 Å². The molecule has 1 aliphatic rings. The summed E-state index contributed by atoms with van der Waals surface area (Å²) in [6.07, 6.45) is 6.44. The van der Waals surface area contributed by atoms with Crippen LogP contribution in [0, 0.1) is 0 Å². The molecule has 6 heteroatoms. The van der Waals surface area contributed by atoms with Gasteiger partial charge >= 0.3 is 0 Å². The second-order valence-electron chi connectivity index (χ2n) is 5.18. The number of nitrogens with zero attached hydrogens (tertiary/aromatic N) is 2. The Hall–Kier alpha value is -1.04. The molecule has 0 amide bonds. The average molecular weight is 371 g/mol. The van der Waals surface area contributed by atoms with Gasteiger partial charge in [-0.1, -0.05) is 27.5 Å². The summed E-state index contributed by atoms with van der Waals surface area (Å²) in [5.41, 5.74) is 2.12. The summed E-state index contributed by atoms with van der Waals surface area (Å²) in [6, 6.07) is 5.78. The van der Waals surface area contributed by atoms with Crippen molar-refractivity contribution in [1.29, 1.82) is 0 Å². The molecule has 112 valence electrons. The Morgan fingerprint density at radius 1 is 1.48 bits per heavy atom. The van der Waals surface area contributed by atoms with Crippen molar-refractivity contribution in [3.63, 3.8) is 0 Å². The fourth-order valence-electron chi connectivity index (χ4n) is 2.43. The first-order valence-electron chi connectivity index (χ1n) is 7.02. The third kappa shape index (κ3) is 3.99. The minimum absolute atomic E-state index is 0.305. The first kappa shape index (κ1) is 14.9. The number of nitrogens with one attached hydrogen (secondary N) is 1. The molecule has 0 saturated carbocycles. The molecule has 0 aliphatic carbocycles. The van der Waals surface area contributed by atoms with Crippen molar-refractivity contribution in [3.8, 4) is 0 Å². The van der Waals surface area contributed by atoms with Gasteiger partial charge < -0.3 is 10.1 Å². The summed E-state index contributed by atoms with van der Waals surface area (Å²) in [5, 5.41) is 8.47. The van der Waals surface area contributed by atoms with Gasteiger partial charge in [0.15, 0.2) is 0 Å². The molecule has 4 nitrogen and oxygen atoms in total. The van der Waals surface area contributed by atoms with E-state index in [0.717, 1.165) is 46.7 Å². The molecule has 0 spiro atoms. The normalized spacial score (nSPS) is 18.1. The summed E-state index contributed by atoms with van der Waals surface area (Å²) < 4.78 is 8.61. The highest BCUT2D eigenvalue weighted by atomic mass is 79.9. The molecule has 2 aromatic rings. The van der Waals surface area contributed by atoms with Crippen molar-refractivity contribution in [2.45, 2.75) is 32.0 Å². The number of halogens is 2. The molecule has 2 heterocycles. The van der Waals surface area contributed by atoms with E-state index in [4.69, 9.17) is 16.3 Å². The zero-order valence-corrected chi connectivity index (χ0v) is 13.9. The van der Waals surface area contributed by atoms with Crippen LogP contribution in [-0.2, 0) is 17.8 Å². The molecule has 1 aromatic carbocycles. The third-order valence-corrected chi connectivity index (χ3v) is 4.55. The molecule has 0 radical (unpaired) electrons. The van der Waals surface area contributed by atoms with E-state index in [1.807, 2.05) is 35.3 Å². The smallest absolute Gasteiger partial charge is 0.0771 e. The molecule has 1 N–H and O–H groups in total. The molecule has 1 atom stereocenters. The van der Waals surface area contributed by atoms with Crippen molar-refractivity contribution in [2.75, 3.05) is 11.9 Å². The Labute approximate surface area is 137 Å². The maximum absolute atomic E-state index is 6.02. The van der Waals surface area contributed by atoms with Crippen LogP contribution in [0.4, 0.5) is 5.69 Å². The van der Waals surface area contributed by atoms with E-state index in [1.165, 1.54) is 0 Å². The molecule has 1 aliphatic heterocycles. The summed E-state index contributed by atoms with van der Waals surface area (Å²) >= 11 is 9.55. The van der Waals surface area contributed by atoms with E-state index >= 15 is 0 Å². The first-order chi connectivity index (χ1) is 10.2. The highest BCUT2D eigenvalue weighted by Crippen LogP contribution is 2.22. The van der Waals surface area contributed by atoms with Gasteiger partial charge in [-0.15, -0.1) is 0 Å². The van der Waals surface area contributed by atoms with Crippen LogP contribution in [0.25, 0.3) is 0 Å². The standard InChI is InChI=1S/C15H17BrClN3O/c16-15-4-3-12(17)6-11(15)7-18-13-8-19-20(9-13)10-14-2-1-5-21-14/h3-4,6,8-9,14,18H,1-2,5,7,10H2. The van der Waals surface area contributed by atoms with Gasteiger partial charge in [-0.25, -0.2) is 0 Å². The Balaban J connectivity index is 1.58. The van der Waals surface area contributed by atoms with Gasteiger partial charge in [0.1, 0.15) is 0 Å². The highest BCUT2D eigenvalue weighted by Gasteiger charge is 2.16. The molecule has 1 aromatic heterocycles. The van der Waals surface area contributed by atoms with Gasteiger partial charge in [-0.3, -0.25) is 4.68 Å². The van der Waals surface area contributed by atoms with Crippen molar-refractivity contribution in [2.24, 2.45) is 0 Å². The van der Waals surface area contributed by atoms with Crippen molar-refractivity contribution < 1.29 is 4.74 Å². The van der Waals surface area contributed by atoms with Crippen LogP contribution in [0.3, 0.4) is 0 Å². The number of benzene rings is 1. The van der Waals surface area contributed by atoms with Crippen molar-refractivity contribution in [1.82, 2.24) is 9.78 Å². The molecule has 0 bridgehead atoms. The van der Waals surface area contributed by atoms with E-state index in [1.54, 1.807) is 0 Å². The molecule has 1 unspecified atom stereocenters. The van der Waals surface area contributed by atoms with Crippen LogP contribution < -0.4 is 5.32 Å². The zero-order valence-electron chi connectivity index (χ0n) is 11.6. The number of anilines is 1. The highest BCUT2D eigenvalue weighted by molar-refractivity contribution is 9.10. The average Bonchev–Trinajstić information content (AvgIpc) is 3.12. The van der Waals surface area contributed by atoms with E-state index < -0.39 is 0 Å². The second kappa shape index (κ2) is 6.81. The van der Waals surface area contributed by atoms with Crippen LogP contribution in [0.5, 0.6) is 0 Å². The van der Waals surface area contributed by atoms with Crippen LogP contribution in [0.1, 0.15) is 18.4 Å². The Morgan fingerprint density at radius 2 is 2.38 bits per heavy atom. The predicted octanol–water partition coefficient (Wildman–Crippen LogP) is 4.09. The summed E-state index contributed by atoms with van der Waals surface area (Å²) in [6.45, 7) is 2.40. The maximum atomic E-state index is 6.02. The number of rotatable bonds is 5. The Kier molecular flexibility index (Phi) is 4.83. The minimum atomic E-state index is 0.305. The van der Waals surface area contributed by atoms with Gasteiger partial charge in [0.25, 0.3) is 0 Å². The first-order valence-corrected chi connectivity index (χ1v) is 8.19. The van der Waals surface area contributed by atoms with E-state index in [2.05, 4.69) is 26.3 Å². The van der Waals surface area contributed by atoms with Crippen LogP contribution in [-0.4, -0.2) is 22.5 Å². The lowest BCUT2D eigenvalue weighted by molar-refractivity contribution is 0.0940. The monoisotopic (exact) mass is 369 g/mol. The van der Waals surface area contributed by atoms with Crippen LogP contribution >= 0.6 is 27.5 Å². The van der Waals surface area contributed by atoms with Gasteiger partial charge in [-0.2, -0.15) is 5.10 Å². The fourth-order valence-corrected chi connectivity index (χ4v) is 3.01. The van der Waals surface area contributed by atoms with Gasteiger partial charge in [0.2, 0.25) is 0 Å². The SMILES string of the molecule is Clc1ccc(Br)c(CNc2cnn(CC3CCCO3)c2)c1. The fraction of sp³-hybridized carbons (Fsp3) is 0.400. The summed E-state index contributed by atoms with van der Waals surface area (Å²) in [4.78, 5) is 0. The second-order valence-corrected chi connectivity index (χ2v) is 6.47.